The van der Waals surface area contributed by atoms with Crippen molar-refractivity contribution < 1.29 is 19.1 Å². The van der Waals surface area contributed by atoms with Crippen LogP contribution in [0.4, 0.5) is 5.69 Å². The number of nitrogens with one attached hydrogen (secondary N) is 1. The molecule has 0 unspecified atom stereocenters. The van der Waals surface area contributed by atoms with Crippen molar-refractivity contribution in [3.63, 3.8) is 0 Å². The highest BCUT2D eigenvalue weighted by Gasteiger charge is 2.26. The van der Waals surface area contributed by atoms with E-state index >= 15 is 0 Å². The average Bonchev–Trinajstić information content (AvgIpc) is 2.79. The van der Waals surface area contributed by atoms with Crippen molar-refractivity contribution in [3.8, 4) is 11.5 Å². The molecule has 1 saturated carbocycles. The first-order chi connectivity index (χ1) is 15.3. The van der Waals surface area contributed by atoms with Gasteiger partial charge in [-0.05, 0) is 67.6 Å². The van der Waals surface area contributed by atoms with Crippen molar-refractivity contribution in [2.24, 2.45) is 5.73 Å². The zero-order valence-electron chi connectivity index (χ0n) is 18.7. The van der Waals surface area contributed by atoms with Crippen LogP contribution in [0.2, 0.25) is 5.02 Å². The summed E-state index contributed by atoms with van der Waals surface area (Å²) in [7, 11) is 3.06. The van der Waals surface area contributed by atoms with Crippen LogP contribution in [0, 0.1) is 0 Å². The maximum Gasteiger partial charge on any atom is 0.255 e. The minimum Gasteiger partial charge on any atom is -0.493 e. The van der Waals surface area contributed by atoms with E-state index in [0.29, 0.717) is 34.3 Å². The Morgan fingerprint density at radius 3 is 2.38 bits per heavy atom. The predicted molar refractivity (Wildman–Crippen MR) is 125 cm³/mol. The third kappa shape index (κ3) is 5.72. The van der Waals surface area contributed by atoms with Gasteiger partial charge in [-0.25, -0.2) is 0 Å². The Morgan fingerprint density at radius 2 is 1.75 bits per heavy atom. The molecular formula is C24H30ClN3O4. The first-order valence-electron chi connectivity index (χ1n) is 10.7. The summed E-state index contributed by atoms with van der Waals surface area (Å²) in [6, 6.07) is 10.6. The summed E-state index contributed by atoms with van der Waals surface area (Å²) >= 11 is 6.43. The van der Waals surface area contributed by atoms with Gasteiger partial charge in [0, 0.05) is 41.8 Å². The van der Waals surface area contributed by atoms with Crippen molar-refractivity contribution in [2.75, 3.05) is 19.5 Å². The van der Waals surface area contributed by atoms with E-state index in [-0.39, 0.29) is 23.9 Å². The summed E-state index contributed by atoms with van der Waals surface area (Å²) < 4.78 is 10.5. The van der Waals surface area contributed by atoms with Crippen LogP contribution in [-0.2, 0) is 11.3 Å². The summed E-state index contributed by atoms with van der Waals surface area (Å²) in [5, 5.41) is 3.44. The van der Waals surface area contributed by atoms with Crippen LogP contribution in [0.15, 0.2) is 36.4 Å². The van der Waals surface area contributed by atoms with E-state index in [1.54, 1.807) is 44.4 Å². The third-order valence-corrected chi connectivity index (χ3v) is 6.25. The monoisotopic (exact) mass is 459 g/mol. The number of hydrogen-bond acceptors (Lipinski definition) is 5. The number of carbonyl (C=O) groups excluding carboxylic acids is 2. The molecule has 8 heteroatoms. The van der Waals surface area contributed by atoms with Crippen LogP contribution >= 0.6 is 11.6 Å². The third-order valence-electron chi connectivity index (χ3n) is 5.88. The SMILES string of the molecule is COc1ccc(C(=O)Nc2ccc(Cl)c(CN(C(C)=O)C3CCC(N)CC3)c2)cc1OC. The molecule has 3 rings (SSSR count). The number of benzene rings is 2. The van der Waals surface area contributed by atoms with Gasteiger partial charge in [0.05, 0.1) is 14.2 Å². The van der Waals surface area contributed by atoms with Crippen LogP contribution in [0.3, 0.4) is 0 Å². The van der Waals surface area contributed by atoms with Gasteiger partial charge in [-0.1, -0.05) is 11.6 Å². The molecule has 0 bridgehead atoms. The lowest BCUT2D eigenvalue weighted by Gasteiger charge is -2.35. The van der Waals surface area contributed by atoms with E-state index in [9.17, 15) is 9.59 Å². The maximum atomic E-state index is 12.8. The summed E-state index contributed by atoms with van der Waals surface area (Å²) in [6.07, 6.45) is 3.58. The fraction of sp³-hybridized carbons (Fsp3) is 0.417. The fourth-order valence-corrected chi connectivity index (χ4v) is 4.23. The molecule has 0 atom stereocenters. The molecule has 0 spiro atoms. The number of anilines is 1. The fourth-order valence-electron chi connectivity index (χ4n) is 4.05. The zero-order valence-corrected chi connectivity index (χ0v) is 19.4. The second kappa shape index (κ2) is 10.7. The van der Waals surface area contributed by atoms with Crippen LogP contribution < -0.4 is 20.5 Å². The molecule has 32 heavy (non-hydrogen) atoms. The molecule has 0 aliphatic heterocycles. The Balaban J connectivity index is 1.76. The average molecular weight is 460 g/mol. The maximum absolute atomic E-state index is 12.8. The number of ether oxygens (including phenoxy) is 2. The van der Waals surface area contributed by atoms with Crippen molar-refractivity contribution in [1.29, 1.82) is 0 Å². The number of halogens is 1. The minimum absolute atomic E-state index is 0.00121. The van der Waals surface area contributed by atoms with E-state index in [2.05, 4.69) is 5.32 Å². The van der Waals surface area contributed by atoms with Gasteiger partial charge < -0.3 is 25.4 Å². The predicted octanol–water partition coefficient (Wildman–Crippen LogP) is 4.23. The molecule has 3 N–H and O–H groups in total. The van der Waals surface area contributed by atoms with Gasteiger partial charge in [0.25, 0.3) is 5.91 Å². The van der Waals surface area contributed by atoms with E-state index in [0.717, 1.165) is 31.2 Å². The highest BCUT2D eigenvalue weighted by atomic mass is 35.5. The summed E-state index contributed by atoms with van der Waals surface area (Å²) in [5.74, 6) is 0.734. The van der Waals surface area contributed by atoms with Crippen molar-refractivity contribution in [3.05, 3.63) is 52.5 Å². The van der Waals surface area contributed by atoms with Crippen LogP contribution in [0.1, 0.15) is 48.5 Å². The van der Waals surface area contributed by atoms with Gasteiger partial charge in [-0.15, -0.1) is 0 Å². The number of rotatable bonds is 7. The Labute approximate surface area is 193 Å². The lowest BCUT2D eigenvalue weighted by Crippen LogP contribution is -2.42. The first kappa shape index (κ1) is 23.9. The topological polar surface area (TPSA) is 93.9 Å². The second-order valence-corrected chi connectivity index (χ2v) is 8.45. The summed E-state index contributed by atoms with van der Waals surface area (Å²) in [5.41, 5.74) is 7.83. The molecule has 7 nitrogen and oxygen atoms in total. The first-order valence-corrected chi connectivity index (χ1v) is 11.0. The molecule has 0 aromatic heterocycles. The molecule has 0 heterocycles. The number of hydrogen-bond donors (Lipinski definition) is 2. The summed E-state index contributed by atoms with van der Waals surface area (Å²) in [4.78, 5) is 27.0. The highest BCUT2D eigenvalue weighted by Crippen LogP contribution is 2.29. The quantitative estimate of drug-likeness (QED) is 0.646. The number of methoxy groups -OCH3 is 2. The van der Waals surface area contributed by atoms with Gasteiger partial charge in [0.1, 0.15) is 0 Å². The molecule has 0 radical (unpaired) electrons. The number of nitrogens with zero attached hydrogens (tertiary/aromatic N) is 1. The minimum atomic E-state index is -0.288. The van der Waals surface area contributed by atoms with E-state index in [4.69, 9.17) is 26.8 Å². The van der Waals surface area contributed by atoms with Crippen LogP contribution in [0.5, 0.6) is 11.5 Å². The zero-order chi connectivity index (χ0) is 23.3. The van der Waals surface area contributed by atoms with Crippen molar-refractivity contribution >= 4 is 29.1 Å². The molecule has 1 aliphatic carbocycles. The lowest BCUT2D eigenvalue weighted by molar-refractivity contribution is -0.132. The molecule has 2 amide bonds. The second-order valence-electron chi connectivity index (χ2n) is 8.05. The van der Waals surface area contributed by atoms with Gasteiger partial charge in [-0.3, -0.25) is 9.59 Å². The van der Waals surface area contributed by atoms with Crippen molar-refractivity contribution in [2.45, 2.75) is 51.2 Å². The number of nitrogens with two attached hydrogens (primary N) is 1. The Morgan fingerprint density at radius 1 is 1.06 bits per heavy atom. The lowest BCUT2D eigenvalue weighted by atomic mass is 9.90. The molecule has 1 fully saturated rings. The number of amides is 2. The standard InChI is InChI=1S/C24H30ClN3O4/c1-15(29)28(20-8-5-18(26)6-9-20)14-17-12-19(7-10-21(17)25)27-24(30)16-4-11-22(31-2)23(13-16)32-3/h4,7,10-13,18,20H,5-6,8-9,14,26H2,1-3H3,(H,27,30). The Kier molecular flexibility index (Phi) is 7.99. The van der Waals surface area contributed by atoms with Gasteiger partial charge >= 0.3 is 0 Å². The van der Waals surface area contributed by atoms with E-state index in [1.807, 2.05) is 11.0 Å². The highest BCUT2D eigenvalue weighted by molar-refractivity contribution is 6.31. The molecule has 0 saturated heterocycles. The van der Waals surface area contributed by atoms with Gasteiger partial charge in [0.15, 0.2) is 11.5 Å². The molecule has 2 aromatic rings. The smallest absolute Gasteiger partial charge is 0.255 e. The molecule has 1 aliphatic rings. The Hall–Kier alpha value is -2.77. The summed E-state index contributed by atoms with van der Waals surface area (Å²) in [6.45, 7) is 1.96. The molecule has 2 aromatic carbocycles. The van der Waals surface area contributed by atoms with Gasteiger partial charge in [-0.2, -0.15) is 0 Å². The van der Waals surface area contributed by atoms with E-state index < -0.39 is 0 Å². The molecule has 172 valence electrons. The normalized spacial score (nSPS) is 18.0. The van der Waals surface area contributed by atoms with Crippen molar-refractivity contribution in [1.82, 2.24) is 4.90 Å². The van der Waals surface area contributed by atoms with Crippen LogP contribution in [-0.4, -0.2) is 43.0 Å². The van der Waals surface area contributed by atoms with Gasteiger partial charge in [0.2, 0.25) is 5.91 Å². The largest absolute Gasteiger partial charge is 0.493 e. The van der Waals surface area contributed by atoms with E-state index in [1.165, 1.54) is 7.11 Å². The van der Waals surface area contributed by atoms with Crippen LogP contribution in [0.25, 0.3) is 0 Å². The molecular weight excluding hydrogens is 430 g/mol. The number of carbonyl (C=O) groups is 2. The Bertz CT molecular complexity index is 974.